The van der Waals surface area contributed by atoms with Crippen molar-refractivity contribution in [3.8, 4) is 0 Å². The van der Waals surface area contributed by atoms with E-state index >= 15 is 0 Å². The molecule has 1 aliphatic rings. The molecule has 0 radical (unpaired) electrons. The van der Waals surface area contributed by atoms with Crippen LogP contribution in [-0.2, 0) is 9.59 Å². The zero-order chi connectivity index (χ0) is 13.0. The fourth-order valence-corrected chi connectivity index (χ4v) is 2.71. The van der Waals surface area contributed by atoms with Gasteiger partial charge in [0.15, 0.2) is 0 Å². The predicted molar refractivity (Wildman–Crippen MR) is 70.3 cm³/mol. The first-order valence-electron chi connectivity index (χ1n) is 5.93. The van der Waals surface area contributed by atoms with E-state index in [9.17, 15) is 9.59 Å². The van der Waals surface area contributed by atoms with Gasteiger partial charge in [-0.15, -0.1) is 11.3 Å². The van der Waals surface area contributed by atoms with Crippen LogP contribution in [0, 0.1) is 0 Å². The molecule has 1 aromatic rings. The van der Waals surface area contributed by atoms with Crippen LogP contribution in [0.15, 0.2) is 23.6 Å². The maximum atomic E-state index is 12.0. The average molecular weight is 265 g/mol. The van der Waals surface area contributed by atoms with Gasteiger partial charge in [-0.2, -0.15) is 0 Å². The van der Waals surface area contributed by atoms with Crippen molar-refractivity contribution in [3.05, 3.63) is 28.5 Å². The van der Waals surface area contributed by atoms with Crippen molar-refractivity contribution in [2.75, 3.05) is 6.54 Å². The number of rotatable bonds is 3. The van der Waals surface area contributed by atoms with E-state index in [0.717, 1.165) is 17.7 Å². The lowest BCUT2D eigenvalue weighted by Gasteiger charge is -2.32. The minimum absolute atomic E-state index is 0.212. The van der Waals surface area contributed by atoms with Crippen molar-refractivity contribution in [2.24, 2.45) is 0 Å². The maximum absolute atomic E-state index is 12.0. The Kier molecular flexibility index (Phi) is 4.15. The second kappa shape index (κ2) is 5.82. The lowest BCUT2D eigenvalue weighted by molar-refractivity contribution is -0.150. The maximum Gasteiger partial charge on any atom is 0.326 e. The Bertz CT molecular complexity index is 453. The average Bonchev–Trinajstić information content (AvgIpc) is 2.89. The highest BCUT2D eigenvalue weighted by Gasteiger charge is 2.30. The molecule has 0 spiro atoms. The number of hydrogen-bond donors (Lipinski definition) is 1. The number of hydrogen-bond acceptors (Lipinski definition) is 3. The number of amides is 1. The van der Waals surface area contributed by atoms with Crippen LogP contribution < -0.4 is 0 Å². The number of carboxylic acid groups (broad SMARTS) is 1. The topological polar surface area (TPSA) is 57.6 Å². The highest BCUT2D eigenvalue weighted by Crippen LogP contribution is 2.18. The highest BCUT2D eigenvalue weighted by molar-refractivity contribution is 7.10. The Morgan fingerprint density at radius 2 is 2.28 bits per heavy atom. The van der Waals surface area contributed by atoms with Gasteiger partial charge < -0.3 is 10.0 Å². The molecule has 1 aliphatic heterocycles. The summed E-state index contributed by atoms with van der Waals surface area (Å²) < 4.78 is 0. The highest BCUT2D eigenvalue weighted by atomic mass is 32.1. The van der Waals surface area contributed by atoms with Gasteiger partial charge in [-0.05, 0) is 36.8 Å². The van der Waals surface area contributed by atoms with E-state index in [-0.39, 0.29) is 5.91 Å². The van der Waals surface area contributed by atoms with Gasteiger partial charge in [-0.3, -0.25) is 4.79 Å². The minimum Gasteiger partial charge on any atom is -0.480 e. The van der Waals surface area contributed by atoms with Gasteiger partial charge in [0.05, 0.1) is 0 Å². The molecule has 1 N–H and O–H groups in total. The summed E-state index contributed by atoms with van der Waals surface area (Å²) in [5.41, 5.74) is 0. The number of thiophene rings is 1. The Balaban J connectivity index is 2.04. The first-order chi connectivity index (χ1) is 8.68. The Hall–Kier alpha value is -1.62. The number of piperidine rings is 1. The number of aliphatic carboxylic acids is 1. The Morgan fingerprint density at radius 3 is 2.94 bits per heavy atom. The summed E-state index contributed by atoms with van der Waals surface area (Å²) >= 11 is 1.54. The first kappa shape index (κ1) is 12.8. The molecular formula is C13H15NO3S. The summed E-state index contributed by atoms with van der Waals surface area (Å²) in [5.74, 6) is -1.12. The molecule has 18 heavy (non-hydrogen) atoms. The number of nitrogens with zero attached hydrogens (tertiary/aromatic N) is 1. The molecule has 1 fully saturated rings. The zero-order valence-electron chi connectivity index (χ0n) is 9.91. The van der Waals surface area contributed by atoms with Crippen LogP contribution in [0.25, 0.3) is 6.08 Å². The summed E-state index contributed by atoms with van der Waals surface area (Å²) in [4.78, 5) is 25.5. The molecule has 0 aliphatic carbocycles. The van der Waals surface area contributed by atoms with Crippen LogP contribution in [0.4, 0.5) is 0 Å². The molecule has 1 amide bonds. The Morgan fingerprint density at radius 1 is 1.44 bits per heavy atom. The van der Waals surface area contributed by atoms with E-state index in [1.165, 1.54) is 11.0 Å². The summed E-state index contributed by atoms with van der Waals surface area (Å²) in [6.45, 7) is 0.532. The SMILES string of the molecule is O=C(O)C1CCCCN1C(=O)C=Cc1cccs1. The normalized spacial score (nSPS) is 20.2. The summed E-state index contributed by atoms with van der Waals surface area (Å²) in [5, 5.41) is 11.0. The number of carboxylic acids is 1. The van der Waals surface area contributed by atoms with E-state index in [2.05, 4.69) is 0 Å². The largest absolute Gasteiger partial charge is 0.480 e. The van der Waals surface area contributed by atoms with Crippen molar-refractivity contribution in [1.82, 2.24) is 4.90 Å². The Labute approximate surface area is 110 Å². The molecule has 1 aromatic heterocycles. The summed E-state index contributed by atoms with van der Waals surface area (Å²) in [6, 6.07) is 3.16. The van der Waals surface area contributed by atoms with Gasteiger partial charge in [0.25, 0.3) is 0 Å². The molecule has 2 heterocycles. The summed E-state index contributed by atoms with van der Waals surface area (Å²) in [6.07, 6.45) is 5.50. The van der Waals surface area contributed by atoms with E-state index in [4.69, 9.17) is 5.11 Å². The van der Waals surface area contributed by atoms with Gasteiger partial charge in [0, 0.05) is 17.5 Å². The van der Waals surface area contributed by atoms with E-state index in [1.807, 2.05) is 17.5 Å². The molecule has 1 unspecified atom stereocenters. The molecule has 96 valence electrons. The van der Waals surface area contributed by atoms with Crippen LogP contribution in [0.2, 0.25) is 0 Å². The van der Waals surface area contributed by atoms with Crippen molar-refractivity contribution >= 4 is 29.3 Å². The number of carbonyl (C=O) groups excluding carboxylic acids is 1. The third-order valence-corrected chi connectivity index (χ3v) is 3.84. The van der Waals surface area contributed by atoms with E-state index in [1.54, 1.807) is 17.4 Å². The lowest BCUT2D eigenvalue weighted by Crippen LogP contribution is -2.47. The summed E-state index contributed by atoms with van der Waals surface area (Å²) in [7, 11) is 0. The molecule has 2 rings (SSSR count). The molecule has 1 saturated heterocycles. The van der Waals surface area contributed by atoms with Gasteiger partial charge in [-0.1, -0.05) is 6.07 Å². The van der Waals surface area contributed by atoms with E-state index < -0.39 is 12.0 Å². The second-order valence-corrected chi connectivity index (χ2v) is 5.21. The molecular weight excluding hydrogens is 250 g/mol. The molecule has 0 bridgehead atoms. The lowest BCUT2D eigenvalue weighted by atomic mass is 10.0. The second-order valence-electron chi connectivity index (χ2n) is 4.23. The van der Waals surface area contributed by atoms with Crippen LogP contribution in [0.5, 0.6) is 0 Å². The fraction of sp³-hybridized carbons (Fsp3) is 0.385. The van der Waals surface area contributed by atoms with Crippen molar-refractivity contribution in [3.63, 3.8) is 0 Å². The van der Waals surface area contributed by atoms with Gasteiger partial charge in [0.2, 0.25) is 5.91 Å². The van der Waals surface area contributed by atoms with Crippen LogP contribution in [-0.4, -0.2) is 34.5 Å². The van der Waals surface area contributed by atoms with E-state index in [0.29, 0.717) is 13.0 Å². The van der Waals surface area contributed by atoms with Crippen LogP contribution >= 0.6 is 11.3 Å². The first-order valence-corrected chi connectivity index (χ1v) is 6.81. The quantitative estimate of drug-likeness (QED) is 0.853. The fourth-order valence-electron chi connectivity index (χ4n) is 2.09. The molecule has 5 heteroatoms. The van der Waals surface area contributed by atoms with Gasteiger partial charge >= 0.3 is 5.97 Å². The van der Waals surface area contributed by atoms with Crippen molar-refractivity contribution < 1.29 is 14.7 Å². The number of carbonyl (C=O) groups is 2. The smallest absolute Gasteiger partial charge is 0.326 e. The minimum atomic E-state index is -0.910. The van der Waals surface area contributed by atoms with Crippen LogP contribution in [0.1, 0.15) is 24.1 Å². The molecule has 0 aromatic carbocycles. The zero-order valence-corrected chi connectivity index (χ0v) is 10.7. The third kappa shape index (κ3) is 2.98. The number of likely N-dealkylation sites (tertiary alicyclic amines) is 1. The van der Waals surface area contributed by atoms with Gasteiger partial charge in [-0.25, -0.2) is 4.79 Å². The van der Waals surface area contributed by atoms with Crippen molar-refractivity contribution in [2.45, 2.75) is 25.3 Å². The van der Waals surface area contributed by atoms with Crippen molar-refractivity contribution in [1.29, 1.82) is 0 Å². The molecule has 1 atom stereocenters. The monoisotopic (exact) mass is 265 g/mol. The van der Waals surface area contributed by atoms with Crippen LogP contribution in [0.3, 0.4) is 0 Å². The van der Waals surface area contributed by atoms with Gasteiger partial charge in [0.1, 0.15) is 6.04 Å². The standard InChI is InChI=1S/C13H15NO3S/c15-12(7-6-10-4-3-9-18-10)14-8-2-1-5-11(14)13(16)17/h3-4,6-7,9,11H,1-2,5,8H2,(H,16,17). The predicted octanol–water partition coefficient (Wildman–Crippen LogP) is 2.23. The molecule has 0 saturated carbocycles. The third-order valence-electron chi connectivity index (χ3n) is 3.00. The molecule has 4 nitrogen and oxygen atoms in total.